The fraction of sp³-hybridized carbons (Fsp3) is 0.0833. The van der Waals surface area contributed by atoms with Crippen molar-refractivity contribution in [1.29, 1.82) is 0 Å². The van der Waals surface area contributed by atoms with Crippen LogP contribution in [0.3, 0.4) is 0 Å². The molecular formula is C24H19ClN4O2. The highest BCUT2D eigenvalue weighted by Gasteiger charge is 2.16. The van der Waals surface area contributed by atoms with Crippen LogP contribution in [0.2, 0.25) is 5.02 Å². The maximum Gasteiger partial charge on any atom is 0.162 e. The third-order valence-corrected chi connectivity index (χ3v) is 5.07. The van der Waals surface area contributed by atoms with E-state index in [-0.39, 0.29) is 0 Å². The zero-order chi connectivity index (χ0) is 21.0. The first-order valence-electron chi connectivity index (χ1n) is 9.86. The van der Waals surface area contributed by atoms with E-state index in [1.54, 1.807) is 6.21 Å². The molecule has 0 amide bonds. The standard InChI is InChI=1S/C24H19ClN4O2/c25-19-7-9-20(10-8-19)27-26-15-18-16-29(21-4-2-1-3-5-21)28-24(18)17-6-11-22-23(14-17)31-13-12-30-22/h1-11,14-16,27H,12-13H2/b26-15+. The van der Waals surface area contributed by atoms with Crippen LogP contribution in [0, 0.1) is 0 Å². The molecule has 0 saturated carbocycles. The number of para-hydroxylation sites is 1. The minimum Gasteiger partial charge on any atom is -0.486 e. The first-order valence-corrected chi connectivity index (χ1v) is 10.2. The highest BCUT2D eigenvalue weighted by Crippen LogP contribution is 2.35. The lowest BCUT2D eigenvalue weighted by molar-refractivity contribution is 0.171. The molecule has 1 aliphatic rings. The second kappa shape index (κ2) is 8.53. The quantitative estimate of drug-likeness (QED) is 0.339. The minimum atomic E-state index is 0.536. The first kappa shape index (κ1) is 19.2. The molecule has 1 aliphatic heterocycles. The molecule has 0 aliphatic carbocycles. The van der Waals surface area contributed by atoms with Crippen LogP contribution in [0.15, 0.2) is 84.1 Å². The number of halogens is 1. The maximum atomic E-state index is 5.95. The Bertz CT molecular complexity index is 1220. The van der Waals surface area contributed by atoms with Gasteiger partial charge in [0.05, 0.1) is 17.6 Å². The number of aromatic nitrogens is 2. The highest BCUT2D eigenvalue weighted by atomic mass is 35.5. The van der Waals surface area contributed by atoms with Crippen LogP contribution in [-0.4, -0.2) is 29.2 Å². The molecule has 31 heavy (non-hydrogen) atoms. The van der Waals surface area contributed by atoms with Crippen molar-refractivity contribution in [3.05, 3.63) is 89.6 Å². The van der Waals surface area contributed by atoms with Crippen LogP contribution in [0.5, 0.6) is 11.5 Å². The molecule has 1 N–H and O–H groups in total. The Morgan fingerprint density at radius 3 is 2.52 bits per heavy atom. The normalized spacial score (nSPS) is 12.8. The Kier molecular flexibility index (Phi) is 5.29. The summed E-state index contributed by atoms with van der Waals surface area (Å²) in [6.07, 6.45) is 3.71. The van der Waals surface area contributed by atoms with Crippen LogP contribution in [0.4, 0.5) is 5.69 Å². The zero-order valence-corrected chi connectivity index (χ0v) is 17.3. The number of nitrogens with one attached hydrogen (secondary N) is 1. The Morgan fingerprint density at radius 2 is 1.71 bits per heavy atom. The van der Waals surface area contributed by atoms with Crippen LogP contribution in [-0.2, 0) is 0 Å². The smallest absolute Gasteiger partial charge is 0.162 e. The van der Waals surface area contributed by atoms with Gasteiger partial charge in [-0.05, 0) is 54.6 Å². The molecule has 0 radical (unpaired) electrons. The number of hydrogen-bond donors (Lipinski definition) is 1. The van der Waals surface area contributed by atoms with E-state index in [1.807, 2.05) is 83.7 Å². The summed E-state index contributed by atoms with van der Waals surface area (Å²) in [7, 11) is 0. The molecule has 0 saturated heterocycles. The largest absolute Gasteiger partial charge is 0.486 e. The molecule has 3 aromatic carbocycles. The lowest BCUT2D eigenvalue weighted by Crippen LogP contribution is -2.15. The number of ether oxygens (including phenoxy) is 2. The molecule has 2 heterocycles. The number of hydrazone groups is 1. The fourth-order valence-electron chi connectivity index (χ4n) is 3.31. The fourth-order valence-corrected chi connectivity index (χ4v) is 3.44. The lowest BCUT2D eigenvalue weighted by atomic mass is 10.1. The van der Waals surface area contributed by atoms with Crippen LogP contribution in [0.1, 0.15) is 5.56 Å². The molecule has 0 unspecified atom stereocenters. The molecule has 7 heteroatoms. The zero-order valence-electron chi connectivity index (χ0n) is 16.5. The van der Waals surface area contributed by atoms with Gasteiger partial charge in [-0.2, -0.15) is 10.2 Å². The molecule has 1 aromatic heterocycles. The maximum absolute atomic E-state index is 5.95. The molecule has 0 spiro atoms. The van der Waals surface area contributed by atoms with Gasteiger partial charge in [-0.3, -0.25) is 5.43 Å². The Labute approximate surface area is 184 Å². The summed E-state index contributed by atoms with van der Waals surface area (Å²) in [6.45, 7) is 1.09. The van der Waals surface area contributed by atoms with E-state index in [4.69, 9.17) is 26.2 Å². The monoisotopic (exact) mass is 430 g/mol. The number of hydrogen-bond acceptors (Lipinski definition) is 5. The van der Waals surface area contributed by atoms with Gasteiger partial charge in [0, 0.05) is 22.3 Å². The van der Waals surface area contributed by atoms with Gasteiger partial charge in [0.2, 0.25) is 0 Å². The second-order valence-electron chi connectivity index (χ2n) is 6.95. The molecule has 5 rings (SSSR count). The van der Waals surface area contributed by atoms with Crippen molar-refractivity contribution in [2.45, 2.75) is 0 Å². The molecule has 154 valence electrons. The molecule has 0 atom stereocenters. The van der Waals surface area contributed by atoms with Crippen LogP contribution >= 0.6 is 11.6 Å². The van der Waals surface area contributed by atoms with Gasteiger partial charge in [0.25, 0.3) is 0 Å². The topological polar surface area (TPSA) is 60.7 Å². The van der Waals surface area contributed by atoms with E-state index < -0.39 is 0 Å². The third-order valence-electron chi connectivity index (χ3n) is 4.82. The molecule has 6 nitrogen and oxygen atoms in total. The van der Waals surface area contributed by atoms with E-state index in [2.05, 4.69) is 10.5 Å². The predicted octanol–water partition coefficient (Wildman–Crippen LogP) is 5.41. The van der Waals surface area contributed by atoms with Gasteiger partial charge in [0.15, 0.2) is 11.5 Å². The van der Waals surface area contributed by atoms with Crippen LogP contribution in [0.25, 0.3) is 16.9 Å². The summed E-state index contributed by atoms with van der Waals surface area (Å²) in [5.74, 6) is 1.47. The molecule has 0 fully saturated rings. The summed E-state index contributed by atoms with van der Waals surface area (Å²) in [4.78, 5) is 0. The predicted molar refractivity (Wildman–Crippen MR) is 123 cm³/mol. The number of anilines is 1. The summed E-state index contributed by atoms with van der Waals surface area (Å²) in [5.41, 5.74) is 7.42. The third kappa shape index (κ3) is 4.25. The van der Waals surface area contributed by atoms with Gasteiger partial charge >= 0.3 is 0 Å². The van der Waals surface area contributed by atoms with Crippen molar-refractivity contribution in [2.75, 3.05) is 18.6 Å². The van der Waals surface area contributed by atoms with Crippen molar-refractivity contribution >= 4 is 23.5 Å². The number of benzene rings is 3. The minimum absolute atomic E-state index is 0.536. The average molecular weight is 431 g/mol. The van der Waals surface area contributed by atoms with Gasteiger partial charge in [-0.25, -0.2) is 4.68 Å². The highest BCUT2D eigenvalue weighted by molar-refractivity contribution is 6.30. The van der Waals surface area contributed by atoms with E-state index in [1.165, 1.54) is 0 Å². The SMILES string of the molecule is Clc1ccc(N/N=C/c2cn(-c3ccccc3)nc2-c2ccc3c(c2)OCCO3)cc1. The molecule has 0 bridgehead atoms. The summed E-state index contributed by atoms with van der Waals surface area (Å²) in [5, 5.41) is 9.90. The molecule has 4 aromatic rings. The Balaban J connectivity index is 1.50. The first-order chi connectivity index (χ1) is 15.3. The summed E-state index contributed by atoms with van der Waals surface area (Å²) in [6, 6.07) is 23.2. The van der Waals surface area contributed by atoms with Crippen molar-refractivity contribution in [3.63, 3.8) is 0 Å². The van der Waals surface area contributed by atoms with Gasteiger partial charge in [0.1, 0.15) is 18.9 Å². The van der Waals surface area contributed by atoms with E-state index >= 15 is 0 Å². The van der Waals surface area contributed by atoms with Crippen molar-refractivity contribution in [2.24, 2.45) is 5.10 Å². The van der Waals surface area contributed by atoms with Gasteiger partial charge in [-0.15, -0.1) is 0 Å². The van der Waals surface area contributed by atoms with E-state index in [0.717, 1.165) is 39.7 Å². The van der Waals surface area contributed by atoms with Gasteiger partial charge in [-0.1, -0.05) is 29.8 Å². The Hall–Kier alpha value is -3.77. The number of fused-ring (bicyclic) bond motifs is 1. The number of rotatable bonds is 5. The summed E-state index contributed by atoms with van der Waals surface area (Å²) < 4.78 is 13.2. The lowest BCUT2D eigenvalue weighted by Gasteiger charge is -2.18. The number of nitrogens with zero attached hydrogens (tertiary/aromatic N) is 3. The van der Waals surface area contributed by atoms with E-state index in [9.17, 15) is 0 Å². The van der Waals surface area contributed by atoms with Crippen molar-refractivity contribution < 1.29 is 9.47 Å². The summed E-state index contributed by atoms with van der Waals surface area (Å²) >= 11 is 5.95. The van der Waals surface area contributed by atoms with Crippen molar-refractivity contribution in [1.82, 2.24) is 9.78 Å². The second-order valence-corrected chi connectivity index (χ2v) is 7.38. The van der Waals surface area contributed by atoms with Gasteiger partial charge < -0.3 is 9.47 Å². The van der Waals surface area contributed by atoms with E-state index in [0.29, 0.717) is 18.2 Å². The van der Waals surface area contributed by atoms with Crippen LogP contribution < -0.4 is 14.9 Å². The Morgan fingerprint density at radius 1 is 0.935 bits per heavy atom. The molecular weight excluding hydrogens is 412 g/mol. The average Bonchev–Trinajstić information content (AvgIpc) is 3.25. The van der Waals surface area contributed by atoms with Crippen molar-refractivity contribution in [3.8, 4) is 28.4 Å².